The molecule has 0 saturated heterocycles. The van der Waals surface area contributed by atoms with Gasteiger partial charge in [-0.1, -0.05) is 36.4 Å². The number of rotatable bonds is 6. The molecule has 1 aromatic heterocycles. The highest BCUT2D eigenvalue weighted by Gasteiger charge is 2.27. The summed E-state index contributed by atoms with van der Waals surface area (Å²) in [4.78, 5) is 16.6. The zero-order chi connectivity index (χ0) is 19.2. The van der Waals surface area contributed by atoms with Crippen LogP contribution in [0.25, 0.3) is 0 Å². The van der Waals surface area contributed by atoms with E-state index in [9.17, 15) is 4.79 Å². The van der Waals surface area contributed by atoms with Crippen molar-refractivity contribution in [3.8, 4) is 11.5 Å². The van der Waals surface area contributed by atoms with E-state index in [0.717, 1.165) is 28.3 Å². The third kappa shape index (κ3) is 4.49. The second kappa shape index (κ2) is 8.57. The fraction of sp³-hybridized carbons (Fsp3) is 0.217. The predicted octanol–water partition coefficient (Wildman–Crippen LogP) is 3.96. The van der Waals surface area contributed by atoms with Crippen molar-refractivity contribution >= 4 is 5.97 Å². The molecule has 2 aromatic carbocycles. The molecule has 0 bridgehead atoms. The quantitative estimate of drug-likeness (QED) is 0.611. The van der Waals surface area contributed by atoms with Crippen molar-refractivity contribution in [2.24, 2.45) is 5.92 Å². The zero-order valence-electron chi connectivity index (χ0n) is 15.4. The van der Waals surface area contributed by atoms with Crippen LogP contribution >= 0.6 is 0 Å². The summed E-state index contributed by atoms with van der Waals surface area (Å²) in [6.45, 7) is 1.01. The third-order valence-corrected chi connectivity index (χ3v) is 4.63. The summed E-state index contributed by atoms with van der Waals surface area (Å²) in [5.74, 6) is 1.10. The highest BCUT2D eigenvalue weighted by molar-refractivity contribution is 5.73. The average Bonchev–Trinajstić information content (AvgIpc) is 2.77. The molecule has 1 unspecified atom stereocenters. The van der Waals surface area contributed by atoms with Crippen LogP contribution in [0.2, 0.25) is 0 Å². The Morgan fingerprint density at radius 2 is 1.82 bits per heavy atom. The first-order valence-electron chi connectivity index (χ1n) is 9.27. The molecule has 2 heterocycles. The Labute approximate surface area is 163 Å². The highest BCUT2D eigenvalue weighted by Crippen LogP contribution is 2.27. The highest BCUT2D eigenvalue weighted by atomic mass is 16.5. The fourth-order valence-electron chi connectivity index (χ4n) is 3.07. The van der Waals surface area contributed by atoms with E-state index in [1.807, 2.05) is 66.7 Å². The van der Waals surface area contributed by atoms with Gasteiger partial charge in [0, 0.05) is 6.20 Å². The van der Waals surface area contributed by atoms with E-state index in [0.29, 0.717) is 19.6 Å². The van der Waals surface area contributed by atoms with Gasteiger partial charge >= 0.3 is 5.97 Å². The van der Waals surface area contributed by atoms with E-state index in [4.69, 9.17) is 14.2 Å². The molecular weight excluding hydrogens is 354 g/mol. The average molecular weight is 375 g/mol. The molecule has 4 rings (SSSR count). The van der Waals surface area contributed by atoms with E-state index < -0.39 is 0 Å². The number of aromatic nitrogens is 1. The van der Waals surface area contributed by atoms with Crippen LogP contribution in [0.1, 0.15) is 16.8 Å². The minimum atomic E-state index is -0.268. The molecule has 0 N–H and O–H groups in total. The van der Waals surface area contributed by atoms with Gasteiger partial charge in [0.2, 0.25) is 0 Å². The van der Waals surface area contributed by atoms with Gasteiger partial charge in [0.1, 0.15) is 31.3 Å². The van der Waals surface area contributed by atoms with Gasteiger partial charge < -0.3 is 14.2 Å². The topological polar surface area (TPSA) is 57.7 Å². The summed E-state index contributed by atoms with van der Waals surface area (Å²) in [5.41, 5.74) is 2.83. The van der Waals surface area contributed by atoms with Crippen molar-refractivity contribution in [2.75, 3.05) is 6.61 Å². The molecule has 0 amide bonds. The largest absolute Gasteiger partial charge is 0.492 e. The molecule has 0 spiro atoms. The fourth-order valence-corrected chi connectivity index (χ4v) is 3.07. The molecule has 0 saturated carbocycles. The Morgan fingerprint density at radius 3 is 2.64 bits per heavy atom. The number of ether oxygens (including phenoxy) is 3. The van der Waals surface area contributed by atoms with Crippen LogP contribution in [0, 0.1) is 5.92 Å². The normalized spacial score (nSPS) is 15.2. The Bertz CT molecular complexity index is 925. The smallest absolute Gasteiger partial charge is 0.313 e. The lowest BCUT2D eigenvalue weighted by atomic mass is 9.97. The molecule has 5 nitrogen and oxygen atoms in total. The number of carbonyl (C=O) groups is 1. The molecule has 28 heavy (non-hydrogen) atoms. The maximum atomic E-state index is 12.4. The number of fused-ring (bicyclic) bond motifs is 1. The van der Waals surface area contributed by atoms with Crippen molar-refractivity contribution in [1.29, 1.82) is 0 Å². The van der Waals surface area contributed by atoms with Crippen molar-refractivity contribution in [3.05, 3.63) is 89.7 Å². The molecule has 3 aromatic rings. The zero-order valence-corrected chi connectivity index (χ0v) is 15.4. The van der Waals surface area contributed by atoms with Crippen LogP contribution in [0.4, 0.5) is 0 Å². The monoisotopic (exact) mass is 375 g/mol. The number of carbonyl (C=O) groups excluding carboxylic acids is 1. The molecule has 5 heteroatoms. The minimum absolute atomic E-state index is 0.231. The van der Waals surface area contributed by atoms with Crippen molar-refractivity contribution in [3.63, 3.8) is 0 Å². The van der Waals surface area contributed by atoms with E-state index in [-0.39, 0.29) is 18.5 Å². The summed E-state index contributed by atoms with van der Waals surface area (Å²) in [7, 11) is 0. The molecule has 1 aliphatic heterocycles. The molecule has 1 atom stereocenters. The van der Waals surface area contributed by atoms with Crippen molar-refractivity contribution in [1.82, 2.24) is 4.98 Å². The predicted molar refractivity (Wildman–Crippen MR) is 104 cm³/mol. The summed E-state index contributed by atoms with van der Waals surface area (Å²) < 4.78 is 16.9. The Kier molecular flexibility index (Phi) is 5.52. The number of para-hydroxylation sites is 1. The Hall–Kier alpha value is -3.34. The maximum absolute atomic E-state index is 12.4. The lowest BCUT2D eigenvalue weighted by molar-refractivity contribution is -0.151. The molecule has 142 valence electrons. The van der Waals surface area contributed by atoms with Crippen LogP contribution in [-0.2, 0) is 29.2 Å². The third-order valence-electron chi connectivity index (χ3n) is 4.63. The van der Waals surface area contributed by atoms with Gasteiger partial charge in [-0.3, -0.25) is 9.78 Å². The lowest BCUT2D eigenvalue weighted by Crippen LogP contribution is -2.29. The first kappa shape index (κ1) is 18.0. The number of hydrogen-bond acceptors (Lipinski definition) is 5. The van der Waals surface area contributed by atoms with Gasteiger partial charge in [-0.2, -0.15) is 0 Å². The van der Waals surface area contributed by atoms with E-state index in [1.165, 1.54) is 0 Å². The minimum Gasteiger partial charge on any atom is -0.492 e. The molecule has 0 fully saturated rings. The summed E-state index contributed by atoms with van der Waals surface area (Å²) >= 11 is 0. The summed E-state index contributed by atoms with van der Waals surface area (Å²) in [6.07, 6.45) is 2.39. The van der Waals surface area contributed by atoms with E-state index >= 15 is 0 Å². The second-order valence-electron chi connectivity index (χ2n) is 6.68. The van der Waals surface area contributed by atoms with Crippen LogP contribution in [0.5, 0.6) is 11.5 Å². The number of benzene rings is 2. The maximum Gasteiger partial charge on any atom is 0.313 e. The number of esters is 1. The SMILES string of the molecule is O=C(OCc1ccc(OCc2ccccn2)cc1)C1COc2ccccc2C1. The van der Waals surface area contributed by atoms with Gasteiger partial charge in [-0.15, -0.1) is 0 Å². The first-order valence-corrected chi connectivity index (χ1v) is 9.27. The Morgan fingerprint density at radius 1 is 1.00 bits per heavy atom. The van der Waals surface area contributed by atoms with Crippen LogP contribution in [0.15, 0.2) is 72.9 Å². The molecule has 1 aliphatic rings. The van der Waals surface area contributed by atoms with Gasteiger partial charge in [0.25, 0.3) is 0 Å². The number of pyridine rings is 1. The molecule has 0 aliphatic carbocycles. The summed E-state index contributed by atoms with van der Waals surface area (Å²) in [6, 6.07) is 21.0. The van der Waals surface area contributed by atoms with Gasteiger partial charge in [0.05, 0.1) is 11.6 Å². The lowest BCUT2D eigenvalue weighted by Gasteiger charge is -2.23. The van der Waals surface area contributed by atoms with Crippen LogP contribution < -0.4 is 9.47 Å². The van der Waals surface area contributed by atoms with E-state index in [2.05, 4.69) is 4.98 Å². The Balaban J connectivity index is 1.26. The first-order chi connectivity index (χ1) is 13.8. The second-order valence-corrected chi connectivity index (χ2v) is 6.68. The van der Waals surface area contributed by atoms with Crippen molar-refractivity contribution < 1.29 is 19.0 Å². The van der Waals surface area contributed by atoms with Gasteiger partial charge in [-0.05, 0) is 47.9 Å². The van der Waals surface area contributed by atoms with Gasteiger partial charge in [0.15, 0.2) is 0 Å². The van der Waals surface area contributed by atoms with Crippen molar-refractivity contribution in [2.45, 2.75) is 19.6 Å². The number of hydrogen-bond donors (Lipinski definition) is 0. The standard InChI is InChI=1S/C23H21NO4/c25-23(19-13-18-5-1-2-7-22(18)27-15-19)28-14-17-8-10-21(11-9-17)26-16-20-6-3-4-12-24-20/h1-12,19H,13-16H2. The van der Waals surface area contributed by atoms with E-state index in [1.54, 1.807) is 6.20 Å². The van der Waals surface area contributed by atoms with Crippen LogP contribution in [-0.4, -0.2) is 17.6 Å². The summed E-state index contributed by atoms with van der Waals surface area (Å²) in [5, 5.41) is 0. The number of nitrogens with zero attached hydrogens (tertiary/aromatic N) is 1. The molecular formula is C23H21NO4. The molecule has 0 radical (unpaired) electrons. The van der Waals surface area contributed by atoms with Gasteiger partial charge in [-0.25, -0.2) is 0 Å². The van der Waals surface area contributed by atoms with Crippen LogP contribution in [0.3, 0.4) is 0 Å².